The first-order chi connectivity index (χ1) is 16.8. The number of hydrogen-bond acceptors (Lipinski definition) is 5. The Morgan fingerprint density at radius 1 is 0.914 bits per heavy atom. The lowest BCUT2D eigenvalue weighted by Crippen LogP contribution is -2.16. The largest absolute Gasteiger partial charge is 0.504 e. The van der Waals surface area contributed by atoms with Crippen LogP contribution in [-0.2, 0) is 16.4 Å². The summed E-state index contributed by atoms with van der Waals surface area (Å²) in [6.07, 6.45) is 2.84. The summed E-state index contributed by atoms with van der Waals surface area (Å²) in [6, 6.07) is 21.1. The van der Waals surface area contributed by atoms with E-state index >= 15 is 0 Å². The lowest BCUT2D eigenvalue weighted by Gasteiger charge is -2.26. The number of aryl methyl sites for hydroxylation is 1. The molecule has 3 N–H and O–H groups in total. The Labute approximate surface area is 217 Å². The molecule has 0 bridgehead atoms. The summed E-state index contributed by atoms with van der Waals surface area (Å²) in [5, 5.41) is 21.6. The molecular weight excluding hydrogens is 577 g/mol. The minimum absolute atomic E-state index is 0.0833. The molecule has 4 aromatic carbocycles. The zero-order valence-corrected chi connectivity index (χ0v) is 21.7. The fourth-order valence-electron chi connectivity index (χ4n) is 4.50. The fourth-order valence-corrected chi connectivity index (χ4v) is 5.91. The van der Waals surface area contributed by atoms with Crippen LogP contribution in [0.15, 0.2) is 77.7 Å². The van der Waals surface area contributed by atoms with Crippen LogP contribution >= 0.6 is 22.6 Å². The van der Waals surface area contributed by atoms with E-state index in [0.29, 0.717) is 12.3 Å². The van der Waals surface area contributed by atoms with Crippen molar-refractivity contribution in [2.45, 2.75) is 30.1 Å². The van der Waals surface area contributed by atoms with Crippen molar-refractivity contribution in [3.8, 4) is 17.2 Å². The number of halogens is 1. The van der Waals surface area contributed by atoms with E-state index < -0.39 is 10.0 Å². The van der Waals surface area contributed by atoms with Gasteiger partial charge >= 0.3 is 0 Å². The van der Waals surface area contributed by atoms with Crippen molar-refractivity contribution < 1.29 is 23.4 Å². The maximum absolute atomic E-state index is 12.7. The van der Waals surface area contributed by atoms with Crippen LogP contribution in [0.25, 0.3) is 10.8 Å². The van der Waals surface area contributed by atoms with E-state index in [-0.39, 0.29) is 22.3 Å². The molecule has 0 amide bonds. The standard InChI is InChI=1S/C27H24INO5S/c28-21-6-10-24(11-7-21)35(32,33)29-22-8-4-18-13-23(9-5-17(18)12-22)34-16-20-3-1-2-19-14-26(30)27(31)15-25(19)20/h4-15,20,29-31H,1-3,16H2. The first kappa shape index (κ1) is 23.7. The summed E-state index contributed by atoms with van der Waals surface area (Å²) in [5.41, 5.74) is 2.57. The first-order valence-electron chi connectivity index (χ1n) is 11.3. The summed E-state index contributed by atoms with van der Waals surface area (Å²) < 4.78 is 35.1. The van der Waals surface area contributed by atoms with E-state index in [2.05, 4.69) is 27.3 Å². The second-order valence-electron chi connectivity index (χ2n) is 8.72. The summed E-state index contributed by atoms with van der Waals surface area (Å²) >= 11 is 2.14. The Bertz CT molecular complexity index is 1500. The number of hydrogen-bond donors (Lipinski definition) is 3. The minimum atomic E-state index is -3.67. The van der Waals surface area contributed by atoms with Crippen LogP contribution in [0, 0.1) is 3.57 Å². The average Bonchev–Trinajstić information content (AvgIpc) is 2.83. The van der Waals surface area contributed by atoms with E-state index in [0.717, 1.165) is 50.5 Å². The zero-order chi connectivity index (χ0) is 24.6. The molecule has 180 valence electrons. The molecule has 0 heterocycles. The van der Waals surface area contributed by atoms with Gasteiger partial charge in [-0.3, -0.25) is 4.72 Å². The molecule has 1 aliphatic carbocycles. The maximum Gasteiger partial charge on any atom is 0.261 e. The Hall–Kier alpha value is -2.98. The Kier molecular flexibility index (Phi) is 6.50. The van der Waals surface area contributed by atoms with E-state index in [1.165, 1.54) is 0 Å². The van der Waals surface area contributed by atoms with Gasteiger partial charge in [0.15, 0.2) is 11.5 Å². The number of sulfonamides is 1. The zero-order valence-electron chi connectivity index (χ0n) is 18.7. The van der Waals surface area contributed by atoms with Crippen molar-refractivity contribution in [3.63, 3.8) is 0 Å². The first-order valence-corrected chi connectivity index (χ1v) is 13.8. The van der Waals surface area contributed by atoms with Crippen LogP contribution in [0.3, 0.4) is 0 Å². The summed E-state index contributed by atoms with van der Waals surface area (Å²) in [6.45, 7) is 0.469. The highest BCUT2D eigenvalue weighted by atomic mass is 127. The Balaban J connectivity index is 1.30. The number of rotatable bonds is 6. The highest BCUT2D eigenvalue weighted by Crippen LogP contribution is 2.38. The Morgan fingerprint density at radius 2 is 1.63 bits per heavy atom. The topological polar surface area (TPSA) is 95.9 Å². The van der Waals surface area contributed by atoms with Crippen LogP contribution in [0.5, 0.6) is 17.2 Å². The van der Waals surface area contributed by atoms with Crippen LogP contribution in [0.1, 0.15) is 29.9 Å². The molecule has 0 aromatic heterocycles. The number of benzene rings is 4. The van der Waals surface area contributed by atoms with E-state index in [9.17, 15) is 18.6 Å². The number of nitrogens with one attached hydrogen (secondary N) is 1. The quantitative estimate of drug-likeness (QED) is 0.182. The number of aromatic hydroxyl groups is 2. The van der Waals surface area contributed by atoms with Gasteiger partial charge in [-0.25, -0.2) is 8.42 Å². The predicted molar refractivity (Wildman–Crippen MR) is 145 cm³/mol. The van der Waals surface area contributed by atoms with Crippen molar-refractivity contribution in [3.05, 3.63) is 87.5 Å². The highest BCUT2D eigenvalue weighted by Gasteiger charge is 2.23. The van der Waals surface area contributed by atoms with Gasteiger partial charge in [-0.1, -0.05) is 12.1 Å². The van der Waals surface area contributed by atoms with Crippen molar-refractivity contribution in [1.82, 2.24) is 0 Å². The van der Waals surface area contributed by atoms with E-state index in [1.54, 1.807) is 48.5 Å². The molecule has 0 saturated carbocycles. The van der Waals surface area contributed by atoms with Gasteiger partial charge in [0.2, 0.25) is 0 Å². The third-order valence-electron chi connectivity index (χ3n) is 6.31. The van der Waals surface area contributed by atoms with Crippen molar-refractivity contribution in [2.24, 2.45) is 0 Å². The molecule has 1 atom stereocenters. The second-order valence-corrected chi connectivity index (χ2v) is 11.7. The Morgan fingerprint density at radius 3 is 2.43 bits per heavy atom. The van der Waals surface area contributed by atoms with Crippen molar-refractivity contribution >= 4 is 49.1 Å². The second kappa shape index (κ2) is 9.58. The molecule has 5 rings (SSSR count). The van der Waals surface area contributed by atoms with E-state index in [4.69, 9.17) is 4.74 Å². The molecule has 0 radical (unpaired) electrons. The van der Waals surface area contributed by atoms with Crippen LogP contribution in [-0.4, -0.2) is 25.2 Å². The molecule has 0 spiro atoms. The SMILES string of the molecule is O=S(=O)(Nc1ccc2cc(OCC3CCCc4cc(O)c(O)cc43)ccc2c1)c1ccc(I)cc1. The van der Waals surface area contributed by atoms with Gasteiger partial charge < -0.3 is 14.9 Å². The summed E-state index contributed by atoms with van der Waals surface area (Å²) in [4.78, 5) is 0.217. The summed E-state index contributed by atoms with van der Waals surface area (Å²) in [5.74, 6) is 0.675. The highest BCUT2D eigenvalue weighted by molar-refractivity contribution is 14.1. The molecule has 0 aliphatic heterocycles. The van der Waals surface area contributed by atoms with E-state index in [1.807, 2.05) is 24.3 Å². The fraction of sp³-hybridized carbons (Fsp3) is 0.185. The van der Waals surface area contributed by atoms with Gasteiger partial charge in [-0.2, -0.15) is 0 Å². The number of fused-ring (bicyclic) bond motifs is 2. The van der Waals surface area contributed by atoms with Gasteiger partial charge in [0.05, 0.1) is 11.5 Å². The normalized spacial score (nSPS) is 15.5. The van der Waals surface area contributed by atoms with Gasteiger partial charge in [0, 0.05) is 15.2 Å². The van der Waals surface area contributed by atoms with Gasteiger partial charge in [-0.05, 0) is 124 Å². The molecule has 35 heavy (non-hydrogen) atoms. The minimum Gasteiger partial charge on any atom is -0.504 e. The molecule has 4 aromatic rings. The van der Waals surface area contributed by atoms with Crippen LogP contribution in [0.2, 0.25) is 0 Å². The maximum atomic E-state index is 12.7. The number of phenolic OH excluding ortho intramolecular Hbond substituents is 2. The number of ether oxygens (including phenoxy) is 1. The van der Waals surface area contributed by atoms with Gasteiger partial charge in [-0.15, -0.1) is 0 Å². The van der Waals surface area contributed by atoms with Crippen LogP contribution < -0.4 is 9.46 Å². The number of phenols is 2. The third kappa shape index (κ3) is 5.18. The van der Waals surface area contributed by atoms with Gasteiger partial charge in [0.25, 0.3) is 10.0 Å². The van der Waals surface area contributed by atoms with Crippen molar-refractivity contribution in [2.75, 3.05) is 11.3 Å². The molecular formula is C27H24INO5S. The smallest absolute Gasteiger partial charge is 0.261 e. The molecule has 1 unspecified atom stereocenters. The molecule has 1 aliphatic rings. The molecule has 0 fully saturated rings. The monoisotopic (exact) mass is 601 g/mol. The summed E-state index contributed by atoms with van der Waals surface area (Å²) in [7, 11) is -3.67. The average molecular weight is 601 g/mol. The molecule has 0 saturated heterocycles. The van der Waals surface area contributed by atoms with Crippen LogP contribution in [0.4, 0.5) is 5.69 Å². The van der Waals surface area contributed by atoms with Crippen molar-refractivity contribution in [1.29, 1.82) is 0 Å². The van der Waals surface area contributed by atoms with Gasteiger partial charge in [0.1, 0.15) is 5.75 Å². The lowest BCUT2D eigenvalue weighted by molar-refractivity contribution is 0.274. The molecule has 8 heteroatoms. The number of anilines is 1. The lowest BCUT2D eigenvalue weighted by atomic mass is 9.83. The molecule has 6 nitrogen and oxygen atoms in total. The third-order valence-corrected chi connectivity index (χ3v) is 8.43. The predicted octanol–water partition coefficient (Wildman–Crippen LogP) is 6.16.